The number of anilines is 1. The van der Waals surface area contributed by atoms with Crippen LogP contribution in [0.1, 0.15) is 29.8 Å². The molecule has 1 saturated heterocycles. The smallest absolute Gasteiger partial charge is 0.313 e. The number of nitrogens with one attached hydrogen (secondary N) is 2. The lowest BCUT2D eigenvalue weighted by Gasteiger charge is -2.15. The van der Waals surface area contributed by atoms with Gasteiger partial charge in [0.15, 0.2) is 0 Å². The van der Waals surface area contributed by atoms with Crippen LogP contribution in [0.15, 0.2) is 6.20 Å². The third-order valence-electron chi connectivity index (χ3n) is 3.69. The maximum atomic E-state index is 11.8. The summed E-state index contributed by atoms with van der Waals surface area (Å²) in [6, 6.07) is 0. The van der Waals surface area contributed by atoms with E-state index < -0.39 is 17.7 Å². The molecule has 2 heterocycles. The number of carbonyl (C=O) groups excluding carboxylic acids is 4. The molecule has 10 nitrogen and oxygen atoms in total. The molecule has 0 spiro atoms. The Bertz CT molecular complexity index is 668. The molecule has 0 saturated carbocycles. The summed E-state index contributed by atoms with van der Waals surface area (Å²) in [4.78, 5) is 48.0. The van der Waals surface area contributed by atoms with Gasteiger partial charge in [0.2, 0.25) is 5.91 Å². The van der Waals surface area contributed by atoms with Crippen LogP contribution in [0.3, 0.4) is 0 Å². The normalized spacial score (nSPS) is 13.9. The van der Waals surface area contributed by atoms with Crippen molar-refractivity contribution in [2.75, 3.05) is 25.0 Å². The number of nitrogens with two attached hydrogens (primary N) is 1. The van der Waals surface area contributed by atoms with Crippen LogP contribution in [0, 0.1) is 0 Å². The monoisotopic (exact) mass is 336 g/mol. The number of primary amides is 1. The summed E-state index contributed by atoms with van der Waals surface area (Å²) in [6.07, 6.45) is 3.23. The van der Waals surface area contributed by atoms with Crippen molar-refractivity contribution in [3.05, 3.63) is 11.9 Å². The van der Waals surface area contributed by atoms with Crippen LogP contribution < -0.4 is 16.4 Å². The highest BCUT2D eigenvalue weighted by Crippen LogP contribution is 2.13. The van der Waals surface area contributed by atoms with Gasteiger partial charge in [-0.2, -0.15) is 5.10 Å². The number of hydrogen-bond acceptors (Lipinski definition) is 5. The topological polar surface area (TPSA) is 139 Å². The highest BCUT2D eigenvalue weighted by molar-refractivity contribution is 6.39. The molecule has 1 aliphatic rings. The summed E-state index contributed by atoms with van der Waals surface area (Å²) in [5.74, 6) is -2.39. The zero-order valence-corrected chi connectivity index (χ0v) is 13.4. The number of aryl methyl sites for hydroxylation is 1. The molecule has 1 aromatic heterocycles. The van der Waals surface area contributed by atoms with Gasteiger partial charge in [0.1, 0.15) is 5.69 Å². The van der Waals surface area contributed by atoms with Crippen LogP contribution in [0.2, 0.25) is 0 Å². The van der Waals surface area contributed by atoms with Gasteiger partial charge in [0.25, 0.3) is 5.91 Å². The van der Waals surface area contributed by atoms with Crippen molar-refractivity contribution in [1.29, 1.82) is 0 Å². The van der Waals surface area contributed by atoms with Crippen molar-refractivity contribution in [2.45, 2.75) is 19.3 Å². The average molecular weight is 336 g/mol. The number of nitrogens with zero attached hydrogens (tertiary/aromatic N) is 3. The Labute approximate surface area is 138 Å². The van der Waals surface area contributed by atoms with Crippen molar-refractivity contribution in [3.8, 4) is 0 Å². The fraction of sp³-hybridized carbons (Fsp3) is 0.500. The Morgan fingerprint density at radius 3 is 2.71 bits per heavy atom. The fourth-order valence-corrected chi connectivity index (χ4v) is 2.49. The minimum Gasteiger partial charge on any atom is -0.364 e. The minimum atomic E-state index is -0.914. The predicted octanol–water partition coefficient (Wildman–Crippen LogP) is -1.41. The Balaban J connectivity index is 1.77. The molecule has 0 radical (unpaired) electrons. The molecule has 0 bridgehead atoms. The van der Waals surface area contributed by atoms with E-state index in [1.165, 1.54) is 17.9 Å². The van der Waals surface area contributed by atoms with E-state index in [0.717, 1.165) is 13.0 Å². The van der Waals surface area contributed by atoms with E-state index in [-0.39, 0.29) is 23.8 Å². The quantitative estimate of drug-likeness (QED) is 0.432. The van der Waals surface area contributed by atoms with Crippen molar-refractivity contribution < 1.29 is 19.2 Å². The van der Waals surface area contributed by atoms with Gasteiger partial charge in [0.05, 0.1) is 11.9 Å². The second kappa shape index (κ2) is 7.57. The standard InChI is InChI=1S/C14H20N6O4/c1-19-11(12(15)22)9(8-17-19)18-14(24)13(23)16-5-3-7-20-6-2-4-10(20)21/h8H,2-7H2,1H3,(H2,15,22)(H,16,23)(H,18,24). The Morgan fingerprint density at radius 1 is 1.33 bits per heavy atom. The third kappa shape index (κ3) is 4.09. The molecule has 2 rings (SSSR count). The maximum Gasteiger partial charge on any atom is 0.313 e. The minimum absolute atomic E-state index is 0.00342. The lowest BCUT2D eigenvalue weighted by Crippen LogP contribution is -2.37. The summed E-state index contributed by atoms with van der Waals surface area (Å²) in [5, 5.41) is 8.58. The van der Waals surface area contributed by atoms with Crippen LogP contribution in [-0.2, 0) is 21.4 Å². The summed E-state index contributed by atoms with van der Waals surface area (Å²) in [7, 11) is 1.50. The molecule has 0 aliphatic carbocycles. The molecular formula is C14H20N6O4. The Hall–Kier alpha value is -2.91. The van der Waals surface area contributed by atoms with Crippen LogP contribution in [0.25, 0.3) is 0 Å². The SMILES string of the molecule is Cn1ncc(NC(=O)C(=O)NCCCN2CCCC2=O)c1C(N)=O. The largest absolute Gasteiger partial charge is 0.364 e. The fourth-order valence-electron chi connectivity index (χ4n) is 2.49. The molecule has 4 amide bonds. The molecule has 130 valence electrons. The van der Waals surface area contributed by atoms with E-state index in [4.69, 9.17) is 5.73 Å². The van der Waals surface area contributed by atoms with Crippen molar-refractivity contribution in [1.82, 2.24) is 20.0 Å². The molecule has 24 heavy (non-hydrogen) atoms. The molecule has 0 unspecified atom stereocenters. The summed E-state index contributed by atoms with van der Waals surface area (Å²) in [5.41, 5.74) is 5.28. The van der Waals surface area contributed by atoms with E-state index in [0.29, 0.717) is 19.4 Å². The molecule has 1 aliphatic heterocycles. The molecule has 0 atom stereocenters. The zero-order valence-electron chi connectivity index (χ0n) is 13.4. The summed E-state index contributed by atoms with van der Waals surface area (Å²) in [6.45, 7) is 1.56. The summed E-state index contributed by atoms with van der Waals surface area (Å²) >= 11 is 0. The van der Waals surface area contributed by atoms with E-state index in [2.05, 4.69) is 15.7 Å². The van der Waals surface area contributed by atoms with Crippen LogP contribution in [-0.4, -0.2) is 57.9 Å². The molecule has 0 aromatic carbocycles. The molecule has 4 N–H and O–H groups in total. The van der Waals surface area contributed by atoms with Crippen molar-refractivity contribution >= 4 is 29.3 Å². The van der Waals surface area contributed by atoms with Crippen molar-refractivity contribution in [2.24, 2.45) is 12.8 Å². The average Bonchev–Trinajstić information content (AvgIpc) is 3.09. The Morgan fingerprint density at radius 2 is 2.08 bits per heavy atom. The third-order valence-corrected chi connectivity index (χ3v) is 3.69. The van der Waals surface area contributed by atoms with Gasteiger partial charge >= 0.3 is 11.8 Å². The molecule has 1 fully saturated rings. The molecule has 10 heteroatoms. The predicted molar refractivity (Wildman–Crippen MR) is 83.8 cm³/mol. The number of rotatable bonds is 6. The highest BCUT2D eigenvalue weighted by Gasteiger charge is 2.21. The van der Waals surface area contributed by atoms with Gasteiger partial charge in [-0.3, -0.25) is 23.9 Å². The highest BCUT2D eigenvalue weighted by atomic mass is 16.2. The van der Waals surface area contributed by atoms with E-state index in [1.807, 2.05) is 0 Å². The lowest BCUT2D eigenvalue weighted by atomic mass is 10.3. The van der Waals surface area contributed by atoms with E-state index >= 15 is 0 Å². The van der Waals surface area contributed by atoms with Gasteiger partial charge in [-0.25, -0.2) is 0 Å². The van der Waals surface area contributed by atoms with Crippen LogP contribution in [0.4, 0.5) is 5.69 Å². The van der Waals surface area contributed by atoms with Gasteiger partial charge < -0.3 is 21.3 Å². The second-order valence-electron chi connectivity index (χ2n) is 5.44. The number of hydrogen-bond donors (Lipinski definition) is 3. The zero-order chi connectivity index (χ0) is 17.7. The number of likely N-dealkylation sites (tertiary alicyclic amines) is 1. The van der Waals surface area contributed by atoms with Crippen LogP contribution in [0.5, 0.6) is 0 Å². The first kappa shape index (κ1) is 17.4. The number of amides is 4. The molecular weight excluding hydrogens is 316 g/mol. The first-order chi connectivity index (χ1) is 11.4. The number of carbonyl (C=O) groups is 4. The maximum absolute atomic E-state index is 11.8. The van der Waals surface area contributed by atoms with E-state index in [1.54, 1.807) is 4.90 Å². The van der Waals surface area contributed by atoms with Gasteiger partial charge in [-0.1, -0.05) is 0 Å². The van der Waals surface area contributed by atoms with Crippen molar-refractivity contribution in [3.63, 3.8) is 0 Å². The van der Waals surface area contributed by atoms with E-state index in [9.17, 15) is 19.2 Å². The summed E-state index contributed by atoms with van der Waals surface area (Å²) < 4.78 is 1.21. The first-order valence-electron chi connectivity index (χ1n) is 7.59. The van der Waals surface area contributed by atoms with Gasteiger partial charge in [-0.05, 0) is 12.8 Å². The second-order valence-corrected chi connectivity index (χ2v) is 5.44. The lowest BCUT2D eigenvalue weighted by molar-refractivity contribution is -0.136. The Kier molecular flexibility index (Phi) is 5.51. The molecule has 1 aromatic rings. The first-order valence-corrected chi connectivity index (χ1v) is 7.59. The van der Waals surface area contributed by atoms with Gasteiger partial charge in [-0.15, -0.1) is 0 Å². The number of aromatic nitrogens is 2. The van der Waals surface area contributed by atoms with Gasteiger partial charge in [0, 0.05) is 33.1 Å². The van der Waals surface area contributed by atoms with Crippen LogP contribution >= 0.6 is 0 Å².